The Hall–Kier alpha value is -4.31. The average molecular weight is 470 g/mol. The topological polar surface area (TPSA) is 54.5 Å². The van der Waals surface area contributed by atoms with Crippen LogP contribution < -0.4 is 4.90 Å². The molecular formula is C32H23NO3. The van der Waals surface area contributed by atoms with E-state index in [0.29, 0.717) is 5.69 Å². The van der Waals surface area contributed by atoms with Crippen LogP contribution in [0.4, 0.5) is 5.69 Å². The first kappa shape index (κ1) is 21.0. The second kappa shape index (κ2) is 7.34. The van der Waals surface area contributed by atoms with Crippen LogP contribution in [-0.4, -0.2) is 17.6 Å². The summed E-state index contributed by atoms with van der Waals surface area (Å²) < 4.78 is 0. The minimum absolute atomic E-state index is 0.102. The van der Waals surface area contributed by atoms with Gasteiger partial charge in [0.2, 0.25) is 11.8 Å². The zero-order valence-corrected chi connectivity index (χ0v) is 19.7. The van der Waals surface area contributed by atoms with Crippen molar-refractivity contribution < 1.29 is 14.4 Å². The van der Waals surface area contributed by atoms with Gasteiger partial charge in [0, 0.05) is 11.5 Å². The number of carbonyl (C=O) groups is 3. The van der Waals surface area contributed by atoms with Crippen LogP contribution in [0.25, 0.3) is 11.1 Å². The number of benzene rings is 4. The lowest BCUT2D eigenvalue weighted by Crippen LogP contribution is -2.57. The highest BCUT2D eigenvalue weighted by molar-refractivity contribution is 6.26. The van der Waals surface area contributed by atoms with E-state index in [1.54, 1.807) is 6.92 Å². The third-order valence-corrected chi connectivity index (χ3v) is 8.40. The number of amides is 2. The number of hydrogen-bond donors (Lipinski definition) is 0. The summed E-state index contributed by atoms with van der Waals surface area (Å²) in [7, 11) is 0. The molecule has 0 aromatic heterocycles. The Labute approximate surface area is 209 Å². The molecule has 36 heavy (non-hydrogen) atoms. The first-order valence-corrected chi connectivity index (χ1v) is 12.3. The van der Waals surface area contributed by atoms with Crippen molar-refractivity contribution in [1.29, 1.82) is 0 Å². The van der Waals surface area contributed by atoms with Gasteiger partial charge in [0.05, 0.1) is 22.9 Å². The van der Waals surface area contributed by atoms with E-state index in [0.717, 1.165) is 33.4 Å². The van der Waals surface area contributed by atoms with Gasteiger partial charge in [-0.2, -0.15) is 0 Å². The molecule has 2 bridgehead atoms. The van der Waals surface area contributed by atoms with E-state index in [4.69, 9.17) is 0 Å². The summed E-state index contributed by atoms with van der Waals surface area (Å²) >= 11 is 0. The molecule has 1 heterocycles. The molecule has 8 rings (SSSR count). The van der Waals surface area contributed by atoms with Crippen LogP contribution >= 0.6 is 0 Å². The van der Waals surface area contributed by atoms with E-state index in [1.165, 1.54) is 4.90 Å². The standard InChI is InChI=1S/C32H23NO3/c1-19(34)32-24-16-8-5-14-22(24)27(23-15-6-9-17-25(23)32)28-29(32)31(36)33(30(28)35)26-18-10-7-13-21(26)20-11-3-2-4-12-20/h2-18,27-29H,1H3/t27?,28-,29+,32?/m0/s1. The maximum Gasteiger partial charge on any atom is 0.239 e. The van der Waals surface area contributed by atoms with Crippen LogP contribution in [0.1, 0.15) is 35.1 Å². The van der Waals surface area contributed by atoms with Crippen molar-refractivity contribution in [1.82, 2.24) is 0 Å². The molecule has 0 N–H and O–H groups in total. The molecule has 4 aliphatic rings. The summed E-state index contributed by atoms with van der Waals surface area (Å²) in [5.74, 6) is -2.30. The van der Waals surface area contributed by atoms with Crippen LogP contribution in [-0.2, 0) is 19.8 Å². The number of anilines is 1. The fourth-order valence-corrected chi connectivity index (χ4v) is 7.14. The third-order valence-electron chi connectivity index (χ3n) is 8.40. The quantitative estimate of drug-likeness (QED) is 0.373. The number of nitrogens with zero attached hydrogens (tertiary/aromatic N) is 1. The highest BCUT2D eigenvalue weighted by atomic mass is 16.2. The van der Waals surface area contributed by atoms with E-state index >= 15 is 0 Å². The van der Waals surface area contributed by atoms with Crippen LogP contribution in [0.2, 0.25) is 0 Å². The van der Waals surface area contributed by atoms with Crippen molar-refractivity contribution in [3.8, 4) is 11.1 Å². The molecule has 1 saturated heterocycles. The second-order valence-corrected chi connectivity index (χ2v) is 9.91. The third kappa shape index (κ3) is 2.41. The number of Topliss-reactive ketones (excluding diaryl/α,β-unsaturated/α-hetero) is 1. The van der Waals surface area contributed by atoms with E-state index in [-0.39, 0.29) is 23.5 Å². The van der Waals surface area contributed by atoms with Gasteiger partial charge in [-0.15, -0.1) is 0 Å². The normalized spacial score (nSPS) is 25.4. The Morgan fingerprint density at radius 2 is 1.25 bits per heavy atom. The second-order valence-electron chi connectivity index (χ2n) is 9.91. The van der Waals surface area contributed by atoms with Gasteiger partial charge in [0.15, 0.2) is 0 Å². The van der Waals surface area contributed by atoms with Crippen molar-refractivity contribution >= 4 is 23.3 Å². The molecule has 1 fully saturated rings. The number of hydrogen-bond acceptors (Lipinski definition) is 3. The van der Waals surface area contributed by atoms with Gasteiger partial charge in [-0.25, -0.2) is 4.90 Å². The van der Waals surface area contributed by atoms with Gasteiger partial charge in [-0.1, -0.05) is 97.1 Å². The van der Waals surface area contributed by atoms with Gasteiger partial charge in [-0.3, -0.25) is 14.4 Å². The molecule has 4 aromatic rings. The Morgan fingerprint density at radius 3 is 1.89 bits per heavy atom. The molecule has 0 spiro atoms. The zero-order valence-electron chi connectivity index (χ0n) is 19.7. The molecule has 4 aromatic carbocycles. The molecule has 174 valence electrons. The highest BCUT2D eigenvalue weighted by Crippen LogP contribution is 2.64. The summed E-state index contributed by atoms with van der Waals surface area (Å²) in [6.45, 7) is 1.56. The summed E-state index contributed by atoms with van der Waals surface area (Å²) in [4.78, 5) is 43.8. The SMILES string of the molecule is CC(=O)C12c3ccccc3C(c3ccccc31)[C@@H]1C(=O)N(c3ccccc3-c3ccccc3)C(=O)[C@@H]12. The van der Waals surface area contributed by atoms with Crippen molar-refractivity contribution in [2.75, 3.05) is 4.90 Å². The molecular weight excluding hydrogens is 446 g/mol. The minimum atomic E-state index is -1.18. The van der Waals surface area contributed by atoms with Gasteiger partial charge >= 0.3 is 0 Å². The summed E-state index contributed by atoms with van der Waals surface area (Å²) in [5, 5.41) is 0. The zero-order chi connectivity index (χ0) is 24.6. The van der Waals surface area contributed by atoms with Crippen LogP contribution in [0, 0.1) is 11.8 Å². The Kier molecular flexibility index (Phi) is 4.29. The minimum Gasteiger partial charge on any atom is -0.299 e. The van der Waals surface area contributed by atoms with E-state index in [9.17, 15) is 14.4 Å². The summed E-state index contributed by atoms with van der Waals surface area (Å²) in [6.07, 6.45) is 0. The lowest BCUT2D eigenvalue weighted by molar-refractivity contribution is -0.132. The number of carbonyl (C=O) groups excluding carboxylic acids is 3. The fraction of sp³-hybridized carbons (Fsp3) is 0.156. The maximum absolute atomic E-state index is 14.4. The Morgan fingerprint density at radius 1 is 0.694 bits per heavy atom. The largest absolute Gasteiger partial charge is 0.299 e. The average Bonchev–Trinajstić information content (AvgIpc) is 3.19. The van der Waals surface area contributed by atoms with Gasteiger partial charge < -0.3 is 0 Å². The monoisotopic (exact) mass is 469 g/mol. The van der Waals surface area contributed by atoms with Gasteiger partial charge in [0.25, 0.3) is 0 Å². The van der Waals surface area contributed by atoms with Gasteiger partial charge in [-0.05, 0) is 40.8 Å². The predicted octanol–water partition coefficient (Wildman–Crippen LogP) is 5.49. The lowest BCUT2D eigenvalue weighted by Gasteiger charge is -2.52. The Balaban J connectivity index is 1.50. The fourth-order valence-electron chi connectivity index (χ4n) is 7.14. The van der Waals surface area contributed by atoms with Crippen molar-refractivity contribution in [2.45, 2.75) is 18.3 Å². The number of imide groups is 1. The molecule has 3 aliphatic carbocycles. The molecule has 0 unspecified atom stereocenters. The van der Waals surface area contributed by atoms with Crippen LogP contribution in [0.15, 0.2) is 103 Å². The van der Waals surface area contributed by atoms with Crippen molar-refractivity contribution in [3.05, 3.63) is 125 Å². The van der Waals surface area contributed by atoms with E-state index < -0.39 is 17.3 Å². The number of ketones is 1. The molecule has 0 radical (unpaired) electrons. The van der Waals surface area contributed by atoms with E-state index in [1.807, 2.05) is 103 Å². The van der Waals surface area contributed by atoms with Crippen LogP contribution in [0.3, 0.4) is 0 Å². The highest BCUT2D eigenvalue weighted by Gasteiger charge is 2.70. The lowest BCUT2D eigenvalue weighted by atomic mass is 9.46. The molecule has 2 amide bonds. The summed E-state index contributed by atoms with van der Waals surface area (Å²) in [6, 6.07) is 33.0. The first-order valence-electron chi connectivity index (χ1n) is 12.3. The van der Waals surface area contributed by atoms with Crippen molar-refractivity contribution in [3.63, 3.8) is 0 Å². The predicted molar refractivity (Wildman–Crippen MR) is 138 cm³/mol. The molecule has 1 aliphatic heterocycles. The molecule has 2 atom stereocenters. The van der Waals surface area contributed by atoms with E-state index in [2.05, 4.69) is 0 Å². The molecule has 4 heteroatoms. The number of rotatable bonds is 3. The maximum atomic E-state index is 14.4. The van der Waals surface area contributed by atoms with Gasteiger partial charge in [0.1, 0.15) is 5.78 Å². The van der Waals surface area contributed by atoms with Crippen LogP contribution in [0.5, 0.6) is 0 Å². The molecule has 0 saturated carbocycles. The smallest absolute Gasteiger partial charge is 0.239 e. The number of para-hydroxylation sites is 1. The van der Waals surface area contributed by atoms with Crippen molar-refractivity contribution in [2.24, 2.45) is 11.8 Å². The first-order chi connectivity index (χ1) is 17.6. The molecule has 4 nitrogen and oxygen atoms in total. The summed E-state index contributed by atoms with van der Waals surface area (Å²) in [5.41, 5.74) is 4.81. The Bertz CT molecular complexity index is 1540.